The van der Waals surface area contributed by atoms with E-state index in [4.69, 9.17) is 5.11 Å². The number of rotatable bonds is 9. The fraction of sp³-hybridized carbons (Fsp3) is 0.538. The zero-order valence-corrected chi connectivity index (χ0v) is 22.3. The average Bonchev–Trinajstić information content (AvgIpc) is 3.53. The number of carbonyl (C=O) groups is 1. The highest BCUT2D eigenvalue weighted by Crippen LogP contribution is 2.61. The molecule has 1 aromatic heterocycles. The van der Waals surface area contributed by atoms with E-state index < -0.39 is 64.1 Å². The largest absolute Gasteiger partial charge is 0.395 e. The minimum Gasteiger partial charge on any atom is -0.395 e. The van der Waals surface area contributed by atoms with Crippen molar-refractivity contribution in [1.82, 2.24) is 4.57 Å². The van der Waals surface area contributed by atoms with Gasteiger partial charge in [0.25, 0.3) is 11.5 Å². The topological polar surface area (TPSA) is 121 Å². The van der Waals surface area contributed by atoms with E-state index in [1.54, 1.807) is 4.90 Å². The Balaban J connectivity index is 1.43. The van der Waals surface area contributed by atoms with Crippen LogP contribution >= 0.6 is 0 Å². The number of nitrogens with zero attached hydrogens (tertiary/aromatic N) is 2. The zero-order chi connectivity index (χ0) is 28.9. The van der Waals surface area contributed by atoms with Gasteiger partial charge >= 0.3 is 0 Å². The Morgan fingerprint density at radius 1 is 1.18 bits per heavy atom. The number of nitrogens with one attached hydrogen (secondary N) is 2. The molecule has 9 nitrogen and oxygen atoms in total. The summed E-state index contributed by atoms with van der Waals surface area (Å²) in [6.07, 6.45) is -1.18. The molecule has 1 aliphatic heterocycles. The van der Waals surface area contributed by atoms with Crippen molar-refractivity contribution in [1.29, 1.82) is 0 Å². The Kier molecular flexibility index (Phi) is 7.36. The van der Waals surface area contributed by atoms with Gasteiger partial charge in [-0.15, -0.1) is 0 Å². The molecule has 1 saturated heterocycles. The number of aromatic nitrogens is 1. The van der Waals surface area contributed by atoms with Gasteiger partial charge in [-0.3, -0.25) is 14.3 Å². The van der Waals surface area contributed by atoms with Crippen molar-refractivity contribution < 1.29 is 35.9 Å². The number of alkyl halides is 4. The maximum atomic E-state index is 13.8. The molecular weight excluding hydrogens is 556 g/mol. The van der Waals surface area contributed by atoms with Crippen LogP contribution in [0.15, 0.2) is 41.3 Å². The zero-order valence-electron chi connectivity index (χ0n) is 21.5. The van der Waals surface area contributed by atoms with Crippen molar-refractivity contribution in [3.05, 3.63) is 52.4 Å². The third-order valence-electron chi connectivity index (χ3n) is 8.21. The molecule has 3 fully saturated rings. The Morgan fingerprint density at radius 3 is 2.60 bits per heavy atom. The van der Waals surface area contributed by atoms with Gasteiger partial charge in [0.05, 0.1) is 29.3 Å². The van der Waals surface area contributed by atoms with Gasteiger partial charge in [0, 0.05) is 43.6 Å². The summed E-state index contributed by atoms with van der Waals surface area (Å²) in [7, 11) is -3.88. The van der Waals surface area contributed by atoms with E-state index in [0.717, 1.165) is 0 Å². The average molecular weight is 587 g/mol. The lowest BCUT2D eigenvalue weighted by atomic mass is 9.95. The van der Waals surface area contributed by atoms with E-state index in [1.807, 2.05) is 0 Å². The first-order chi connectivity index (χ1) is 18.8. The van der Waals surface area contributed by atoms with E-state index in [-0.39, 0.29) is 55.2 Å². The molecule has 1 amide bonds. The number of piperidine rings is 1. The predicted octanol–water partition coefficient (Wildman–Crippen LogP) is 3.68. The summed E-state index contributed by atoms with van der Waals surface area (Å²) in [6.45, 7) is -0.146. The number of carbonyl (C=O) groups excluding carboxylic acids is 1. The van der Waals surface area contributed by atoms with Crippen molar-refractivity contribution >= 4 is 33.0 Å². The Hall–Kier alpha value is -3.13. The number of anilines is 3. The van der Waals surface area contributed by atoms with Gasteiger partial charge in [0.15, 0.2) is 0 Å². The van der Waals surface area contributed by atoms with Crippen LogP contribution in [-0.2, 0) is 10.0 Å². The second kappa shape index (κ2) is 10.4. The van der Waals surface area contributed by atoms with Gasteiger partial charge in [-0.2, -0.15) is 0 Å². The van der Waals surface area contributed by atoms with Crippen LogP contribution in [0.5, 0.6) is 0 Å². The molecule has 2 aliphatic carbocycles. The fourth-order valence-corrected chi connectivity index (χ4v) is 6.72. The van der Waals surface area contributed by atoms with Crippen LogP contribution in [0.2, 0.25) is 0 Å². The number of amides is 1. The molecule has 0 radical (unpaired) electrons. The first kappa shape index (κ1) is 28.4. The monoisotopic (exact) mass is 586 g/mol. The van der Waals surface area contributed by atoms with Crippen molar-refractivity contribution in [2.45, 2.75) is 50.5 Å². The molecule has 3 N–H and O–H groups in total. The quantitative estimate of drug-likeness (QED) is 0.386. The molecule has 3 aliphatic rings. The van der Waals surface area contributed by atoms with E-state index in [2.05, 4.69) is 10.0 Å². The lowest BCUT2D eigenvalue weighted by molar-refractivity contribution is 0.00550. The molecule has 3 atom stereocenters. The van der Waals surface area contributed by atoms with Crippen LogP contribution in [-0.4, -0.2) is 61.8 Å². The molecular formula is C26H30F4N4O5S. The van der Waals surface area contributed by atoms with E-state index >= 15 is 0 Å². The summed E-state index contributed by atoms with van der Waals surface area (Å²) in [6, 6.07) is 6.27. The van der Waals surface area contributed by atoms with E-state index in [1.165, 1.54) is 41.1 Å². The van der Waals surface area contributed by atoms with Crippen LogP contribution < -0.4 is 20.5 Å². The molecule has 0 unspecified atom stereocenters. The molecule has 218 valence electrons. The molecule has 2 saturated carbocycles. The fourth-order valence-electron chi connectivity index (χ4n) is 5.89. The van der Waals surface area contributed by atoms with Crippen LogP contribution in [0.25, 0.3) is 0 Å². The highest BCUT2D eigenvalue weighted by atomic mass is 32.2. The van der Waals surface area contributed by atoms with E-state index in [0.29, 0.717) is 12.1 Å². The number of halogens is 4. The SMILES string of the molecule is O=C(Nc1cccn([C@H]2CCC(F)(F)C2)c1=O)c1ccc(NS(=O)(=O)CCO)cc1N1CC[C@]2(C(F)F)C[C@@H]2C1. The Labute approximate surface area is 228 Å². The number of benzene rings is 1. The number of hydrogen-bond acceptors (Lipinski definition) is 6. The third-order valence-corrected chi connectivity index (χ3v) is 9.48. The van der Waals surface area contributed by atoms with Gasteiger partial charge < -0.3 is 19.9 Å². The maximum absolute atomic E-state index is 13.8. The van der Waals surface area contributed by atoms with Gasteiger partial charge in [0.2, 0.25) is 22.4 Å². The summed E-state index contributed by atoms with van der Waals surface area (Å²) >= 11 is 0. The molecule has 0 bridgehead atoms. The van der Waals surface area contributed by atoms with Crippen molar-refractivity contribution in [2.24, 2.45) is 11.3 Å². The van der Waals surface area contributed by atoms with Crippen LogP contribution in [0.3, 0.4) is 0 Å². The number of sulfonamides is 1. The summed E-state index contributed by atoms with van der Waals surface area (Å²) in [4.78, 5) is 28.2. The maximum Gasteiger partial charge on any atom is 0.274 e. The molecule has 0 spiro atoms. The predicted molar refractivity (Wildman–Crippen MR) is 141 cm³/mol. The Bertz CT molecular complexity index is 1470. The first-order valence-corrected chi connectivity index (χ1v) is 14.7. The molecule has 14 heteroatoms. The molecule has 2 aromatic rings. The van der Waals surface area contributed by atoms with Gasteiger partial charge in [-0.05, 0) is 55.5 Å². The van der Waals surface area contributed by atoms with Crippen molar-refractivity contribution in [3.63, 3.8) is 0 Å². The summed E-state index contributed by atoms with van der Waals surface area (Å²) in [5, 5.41) is 11.6. The highest BCUT2D eigenvalue weighted by molar-refractivity contribution is 7.92. The van der Waals surface area contributed by atoms with Gasteiger partial charge in [-0.1, -0.05) is 0 Å². The minimum absolute atomic E-state index is 0.0810. The Morgan fingerprint density at radius 2 is 1.95 bits per heavy atom. The summed E-state index contributed by atoms with van der Waals surface area (Å²) < 4.78 is 82.7. The number of aliphatic hydroxyl groups is 1. The smallest absolute Gasteiger partial charge is 0.274 e. The number of aliphatic hydroxyl groups excluding tert-OH is 1. The molecule has 1 aromatic carbocycles. The molecule has 2 heterocycles. The first-order valence-electron chi connectivity index (χ1n) is 13.0. The van der Waals surface area contributed by atoms with Crippen LogP contribution in [0.1, 0.15) is 48.5 Å². The van der Waals surface area contributed by atoms with Crippen LogP contribution in [0, 0.1) is 11.3 Å². The molecule has 40 heavy (non-hydrogen) atoms. The number of hydrogen-bond donors (Lipinski definition) is 3. The highest BCUT2D eigenvalue weighted by Gasteiger charge is 2.62. The van der Waals surface area contributed by atoms with Gasteiger partial charge in [0.1, 0.15) is 5.69 Å². The van der Waals surface area contributed by atoms with E-state index in [9.17, 15) is 35.6 Å². The lowest BCUT2D eigenvalue weighted by Crippen LogP contribution is -2.38. The number of pyridine rings is 1. The number of fused-ring (bicyclic) bond motifs is 1. The minimum atomic E-state index is -3.88. The summed E-state index contributed by atoms with van der Waals surface area (Å²) in [5.74, 6) is -4.39. The van der Waals surface area contributed by atoms with Crippen molar-refractivity contribution in [3.8, 4) is 0 Å². The normalized spacial score (nSPS) is 25.5. The second-order valence-corrected chi connectivity index (χ2v) is 12.7. The lowest BCUT2D eigenvalue weighted by Gasteiger charge is -2.34. The van der Waals surface area contributed by atoms with Crippen LogP contribution in [0.4, 0.5) is 34.6 Å². The van der Waals surface area contributed by atoms with Crippen molar-refractivity contribution in [2.75, 3.05) is 40.4 Å². The summed E-state index contributed by atoms with van der Waals surface area (Å²) in [5.41, 5.74) is -1.29. The standard InChI is InChI=1S/C26H30F4N4O5S/c27-24(28)25-7-9-33(15-16(25)13-25)21-12-17(32-40(38,39)11-10-35)3-4-19(21)22(36)31-20-2-1-8-34(23(20)37)18-5-6-26(29,30)14-18/h1-4,8,12,16,18,24,32,35H,5-7,9-11,13-15H2,(H,31,36)/t16-,18+,25+/m1/s1. The van der Waals surface area contributed by atoms with Gasteiger partial charge in [-0.25, -0.2) is 26.0 Å². The molecule has 5 rings (SSSR count). The third kappa shape index (κ3) is 5.55. The second-order valence-electron chi connectivity index (χ2n) is 10.8.